The van der Waals surface area contributed by atoms with Crippen molar-refractivity contribution in [1.82, 2.24) is 9.47 Å². The molecule has 2 N–H and O–H groups in total. The van der Waals surface area contributed by atoms with E-state index in [1.165, 1.54) is 47.0 Å². The zero-order valence-electron chi connectivity index (χ0n) is 19.5. The SMILES string of the molecule is O=S([O-])Nc1ccc(NC2CN3CCCCC3c3c2c2ccccc2n3Cc2ccccc2)cc1. The maximum absolute atomic E-state index is 11.0. The van der Waals surface area contributed by atoms with Crippen molar-refractivity contribution in [2.24, 2.45) is 0 Å². The molecule has 6 rings (SSSR count). The molecule has 4 aromatic rings. The predicted molar refractivity (Wildman–Crippen MR) is 141 cm³/mol. The van der Waals surface area contributed by atoms with Crippen LogP contribution < -0.4 is 10.0 Å². The molecular formula is C28H29N4O2S-. The van der Waals surface area contributed by atoms with Gasteiger partial charge in [-0.25, -0.2) is 0 Å². The molecule has 6 nitrogen and oxygen atoms in total. The molecule has 0 spiro atoms. The summed E-state index contributed by atoms with van der Waals surface area (Å²) in [5.41, 5.74) is 6.99. The van der Waals surface area contributed by atoms with Crippen molar-refractivity contribution in [1.29, 1.82) is 0 Å². The van der Waals surface area contributed by atoms with E-state index in [2.05, 4.69) is 74.1 Å². The molecule has 0 bridgehead atoms. The number of hydrogen-bond acceptors (Lipinski definition) is 4. The normalized spacial score (nSPS) is 20.7. The summed E-state index contributed by atoms with van der Waals surface area (Å²) in [7, 11) is 0. The summed E-state index contributed by atoms with van der Waals surface area (Å²) in [5, 5.41) is 5.10. The van der Waals surface area contributed by atoms with Gasteiger partial charge in [0.1, 0.15) is 0 Å². The summed E-state index contributed by atoms with van der Waals surface area (Å²) in [6.45, 7) is 2.94. The molecule has 1 aromatic heterocycles. The van der Waals surface area contributed by atoms with Crippen LogP contribution in [0.25, 0.3) is 10.9 Å². The van der Waals surface area contributed by atoms with Gasteiger partial charge in [0.05, 0.1) is 12.1 Å². The number of nitrogens with one attached hydrogen (secondary N) is 2. The fourth-order valence-corrected chi connectivity index (χ4v) is 6.24. The molecule has 3 atom stereocenters. The van der Waals surface area contributed by atoms with Crippen LogP contribution in [0.1, 0.15) is 48.2 Å². The van der Waals surface area contributed by atoms with E-state index in [1.807, 2.05) is 12.1 Å². The highest BCUT2D eigenvalue weighted by Gasteiger charge is 2.39. The fraction of sp³-hybridized carbons (Fsp3) is 0.286. The quantitative estimate of drug-likeness (QED) is 0.349. The van der Waals surface area contributed by atoms with Gasteiger partial charge in [0.25, 0.3) is 0 Å². The largest absolute Gasteiger partial charge is 0.755 e. The van der Waals surface area contributed by atoms with Gasteiger partial charge in [0.15, 0.2) is 0 Å². The second-order valence-corrected chi connectivity index (χ2v) is 10.2. The van der Waals surface area contributed by atoms with Crippen molar-refractivity contribution >= 4 is 33.5 Å². The molecule has 35 heavy (non-hydrogen) atoms. The maximum Gasteiger partial charge on any atom is 0.0665 e. The van der Waals surface area contributed by atoms with Gasteiger partial charge in [-0.2, -0.15) is 0 Å². The van der Waals surface area contributed by atoms with Gasteiger partial charge in [-0.15, -0.1) is 0 Å². The lowest BCUT2D eigenvalue weighted by Crippen LogP contribution is -2.43. The van der Waals surface area contributed by atoms with Crippen LogP contribution in [0.5, 0.6) is 0 Å². The Morgan fingerprint density at radius 2 is 1.66 bits per heavy atom. The lowest BCUT2D eigenvalue weighted by atomic mass is 9.88. The Bertz CT molecular complexity index is 1350. The summed E-state index contributed by atoms with van der Waals surface area (Å²) in [6.07, 6.45) is 3.70. The summed E-state index contributed by atoms with van der Waals surface area (Å²) < 4.78 is 26.9. The molecular weight excluding hydrogens is 456 g/mol. The minimum atomic E-state index is -2.32. The van der Waals surface area contributed by atoms with Crippen LogP contribution in [-0.2, 0) is 17.8 Å². The molecule has 0 amide bonds. The van der Waals surface area contributed by atoms with E-state index in [9.17, 15) is 8.76 Å². The van der Waals surface area contributed by atoms with Crippen molar-refractivity contribution < 1.29 is 8.76 Å². The fourth-order valence-electron chi connectivity index (χ4n) is 5.91. The number of rotatable bonds is 6. The molecule has 3 unspecified atom stereocenters. The highest BCUT2D eigenvalue weighted by atomic mass is 32.2. The van der Waals surface area contributed by atoms with Gasteiger partial charge in [0, 0.05) is 57.9 Å². The topological polar surface area (TPSA) is 72.4 Å². The van der Waals surface area contributed by atoms with Crippen LogP contribution in [0, 0.1) is 0 Å². The first-order valence-corrected chi connectivity index (χ1v) is 13.4. The van der Waals surface area contributed by atoms with Gasteiger partial charge >= 0.3 is 0 Å². The van der Waals surface area contributed by atoms with Crippen molar-refractivity contribution in [2.45, 2.75) is 37.9 Å². The number of para-hydroxylation sites is 1. The zero-order chi connectivity index (χ0) is 23.8. The third kappa shape index (κ3) is 4.35. The van der Waals surface area contributed by atoms with E-state index < -0.39 is 11.3 Å². The van der Waals surface area contributed by atoms with Gasteiger partial charge in [-0.1, -0.05) is 55.0 Å². The molecule has 3 aromatic carbocycles. The average Bonchev–Trinajstić information content (AvgIpc) is 3.20. The maximum atomic E-state index is 11.0. The van der Waals surface area contributed by atoms with Crippen LogP contribution in [-0.4, -0.2) is 31.3 Å². The number of benzene rings is 3. The Morgan fingerprint density at radius 1 is 0.914 bits per heavy atom. The Hall–Kier alpha value is -3.13. The second-order valence-electron chi connectivity index (χ2n) is 9.51. The number of anilines is 2. The lowest BCUT2D eigenvalue weighted by Gasteiger charge is -2.44. The third-order valence-corrected chi connectivity index (χ3v) is 7.76. The van der Waals surface area contributed by atoms with Gasteiger partial charge in [0.2, 0.25) is 0 Å². The number of aromatic nitrogens is 1. The first-order valence-electron chi connectivity index (χ1n) is 12.3. The van der Waals surface area contributed by atoms with E-state index in [0.717, 1.165) is 25.3 Å². The highest BCUT2D eigenvalue weighted by molar-refractivity contribution is 7.80. The number of nitrogens with zero attached hydrogens (tertiary/aromatic N) is 2. The highest BCUT2D eigenvalue weighted by Crippen LogP contribution is 2.46. The van der Waals surface area contributed by atoms with Gasteiger partial charge in [-0.3, -0.25) is 9.11 Å². The van der Waals surface area contributed by atoms with E-state index in [0.29, 0.717) is 11.7 Å². The van der Waals surface area contributed by atoms with Crippen LogP contribution in [0.3, 0.4) is 0 Å². The van der Waals surface area contributed by atoms with Crippen molar-refractivity contribution in [3.05, 3.63) is 95.7 Å². The van der Waals surface area contributed by atoms with E-state index in [-0.39, 0.29) is 6.04 Å². The van der Waals surface area contributed by atoms with E-state index in [1.54, 1.807) is 12.1 Å². The molecule has 7 heteroatoms. The van der Waals surface area contributed by atoms with Crippen LogP contribution in [0.4, 0.5) is 11.4 Å². The molecule has 3 heterocycles. The van der Waals surface area contributed by atoms with Crippen LogP contribution in [0.15, 0.2) is 78.9 Å². The standard InChI is InChI=1S/C28H30N4O2S/c33-35(34)30-22-15-13-21(14-16-22)29-24-19-31-17-7-6-12-26(31)28-27(24)23-10-4-5-11-25(23)32(28)18-20-8-2-1-3-9-20/h1-5,8-11,13-16,24,26,29-30H,6-7,12,17-19H2,(H,33,34)/p-1. The zero-order valence-corrected chi connectivity index (χ0v) is 20.3. The first-order chi connectivity index (χ1) is 17.2. The molecule has 2 aliphatic rings. The molecule has 2 aliphatic heterocycles. The van der Waals surface area contributed by atoms with E-state index in [4.69, 9.17) is 0 Å². The van der Waals surface area contributed by atoms with Crippen molar-refractivity contribution in [3.8, 4) is 0 Å². The summed E-state index contributed by atoms with van der Waals surface area (Å²) in [5.74, 6) is 0. The average molecular weight is 486 g/mol. The lowest BCUT2D eigenvalue weighted by molar-refractivity contribution is 0.123. The van der Waals surface area contributed by atoms with Gasteiger partial charge < -0.3 is 19.2 Å². The molecule has 0 radical (unpaired) electrons. The molecule has 180 valence electrons. The monoisotopic (exact) mass is 485 g/mol. The minimum absolute atomic E-state index is 0.147. The Kier molecular flexibility index (Phi) is 6.06. The number of fused-ring (bicyclic) bond motifs is 5. The molecule has 1 fully saturated rings. The Morgan fingerprint density at radius 3 is 2.46 bits per heavy atom. The van der Waals surface area contributed by atoms with Crippen molar-refractivity contribution in [2.75, 3.05) is 23.1 Å². The Balaban J connectivity index is 1.44. The third-order valence-electron chi connectivity index (χ3n) is 7.36. The summed E-state index contributed by atoms with van der Waals surface area (Å²) >= 11 is -2.32. The molecule has 0 aliphatic carbocycles. The summed E-state index contributed by atoms with van der Waals surface area (Å²) in [6, 6.07) is 27.6. The van der Waals surface area contributed by atoms with Crippen molar-refractivity contribution in [3.63, 3.8) is 0 Å². The number of piperidine rings is 1. The van der Waals surface area contributed by atoms with Crippen LogP contribution in [0.2, 0.25) is 0 Å². The Labute approximate surface area is 208 Å². The van der Waals surface area contributed by atoms with E-state index >= 15 is 0 Å². The van der Waals surface area contributed by atoms with Gasteiger partial charge in [-0.05, 0) is 55.3 Å². The number of hydrogen-bond donors (Lipinski definition) is 2. The second kappa shape index (κ2) is 9.49. The minimum Gasteiger partial charge on any atom is -0.755 e. The first kappa shape index (κ1) is 22.3. The van der Waals surface area contributed by atoms with Crippen LogP contribution >= 0.6 is 0 Å². The molecule has 0 saturated carbocycles. The smallest absolute Gasteiger partial charge is 0.0665 e. The molecule has 1 saturated heterocycles. The predicted octanol–water partition coefficient (Wildman–Crippen LogP) is 5.59. The summed E-state index contributed by atoms with van der Waals surface area (Å²) in [4.78, 5) is 2.65.